The van der Waals surface area contributed by atoms with Crippen molar-refractivity contribution in [1.29, 1.82) is 0 Å². The summed E-state index contributed by atoms with van der Waals surface area (Å²) < 4.78 is 5.53. The first kappa shape index (κ1) is 14.2. The molecule has 0 radical (unpaired) electrons. The lowest BCUT2D eigenvalue weighted by atomic mass is 10.2. The molecule has 1 rings (SSSR count). The lowest BCUT2D eigenvalue weighted by Gasteiger charge is -2.09. The Morgan fingerprint density at radius 2 is 2.00 bits per heavy atom. The van der Waals surface area contributed by atoms with Crippen LogP contribution in [0, 0.1) is 0 Å². The van der Waals surface area contributed by atoms with Gasteiger partial charge in [-0.3, -0.25) is 0 Å². The van der Waals surface area contributed by atoms with Gasteiger partial charge in [0.1, 0.15) is 0 Å². The fraction of sp³-hybridized carbons (Fsp3) is 0.571. The normalized spacial score (nSPS) is 12.6. The highest BCUT2D eigenvalue weighted by atomic mass is 16.5. The first-order valence-corrected chi connectivity index (χ1v) is 6.33. The van der Waals surface area contributed by atoms with Crippen molar-refractivity contribution < 1.29 is 9.84 Å². The second kappa shape index (κ2) is 9.16. The van der Waals surface area contributed by atoms with Crippen molar-refractivity contribution in [2.45, 2.75) is 32.5 Å². The van der Waals surface area contributed by atoms with Crippen LogP contribution in [0.15, 0.2) is 30.3 Å². The average Bonchev–Trinajstić information content (AvgIpc) is 2.38. The molecule has 3 heteroatoms. The zero-order chi connectivity index (χ0) is 12.3. The Hall–Kier alpha value is -0.900. The molecule has 0 aromatic heterocycles. The molecule has 1 unspecified atom stereocenters. The Labute approximate surface area is 104 Å². The Balaban J connectivity index is 1.91. The summed E-state index contributed by atoms with van der Waals surface area (Å²) in [5.74, 6) is 0. The van der Waals surface area contributed by atoms with Crippen LogP contribution in [0.1, 0.15) is 25.3 Å². The Morgan fingerprint density at radius 1 is 1.24 bits per heavy atom. The number of aliphatic hydroxyl groups is 1. The molecule has 0 saturated heterocycles. The minimum Gasteiger partial charge on any atom is -0.393 e. The van der Waals surface area contributed by atoms with Gasteiger partial charge in [0.05, 0.1) is 19.3 Å². The van der Waals surface area contributed by atoms with E-state index in [4.69, 9.17) is 4.74 Å². The van der Waals surface area contributed by atoms with Crippen molar-refractivity contribution in [3.05, 3.63) is 35.9 Å². The monoisotopic (exact) mass is 237 g/mol. The van der Waals surface area contributed by atoms with Crippen LogP contribution in [0.25, 0.3) is 0 Å². The van der Waals surface area contributed by atoms with Crippen LogP contribution in [-0.2, 0) is 11.3 Å². The van der Waals surface area contributed by atoms with E-state index in [0.29, 0.717) is 13.2 Å². The molecule has 1 aromatic carbocycles. The zero-order valence-electron chi connectivity index (χ0n) is 10.6. The van der Waals surface area contributed by atoms with Gasteiger partial charge in [-0.25, -0.2) is 0 Å². The number of aliphatic hydroxyl groups excluding tert-OH is 1. The van der Waals surface area contributed by atoms with Gasteiger partial charge in [0.15, 0.2) is 0 Å². The molecule has 0 heterocycles. The molecule has 0 saturated carbocycles. The van der Waals surface area contributed by atoms with Crippen LogP contribution >= 0.6 is 0 Å². The summed E-state index contributed by atoms with van der Waals surface area (Å²) in [6.07, 6.45) is 1.47. The van der Waals surface area contributed by atoms with Crippen LogP contribution < -0.4 is 5.32 Å². The Bertz CT molecular complexity index is 277. The van der Waals surface area contributed by atoms with Crippen LogP contribution in [0.2, 0.25) is 0 Å². The van der Waals surface area contributed by atoms with E-state index in [1.54, 1.807) is 0 Å². The second-order valence-corrected chi connectivity index (χ2v) is 4.14. The van der Waals surface area contributed by atoms with Crippen LogP contribution in [-0.4, -0.2) is 30.9 Å². The van der Waals surface area contributed by atoms with E-state index in [1.165, 1.54) is 5.56 Å². The van der Waals surface area contributed by atoms with E-state index in [9.17, 15) is 5.11 Å². The first-order valence-electron chi connectivity index (χ1n) is 6.33. The van der Waals surface area contributed by atoms with E-state index < -0.39 is 0 Å². The minimum absolute atomic E-state index is 0.173. The molecular weight excluding hydrogens is 214 g/mol. The standard InChI is InChI=1S/C14H23NO2/c1-2-14(16)8-9-15-10-11-17-12-13-6-4-3-5-7-13/h3-7,14-16H,2,8-12H2,1H3. The van der Waals surface area contributed by atoms with Gasteiger partial charge in [0.2, 0.25) is 0 Å². The predicted molar refractivity (Wildman–Crippen MR) is 69.9 cm³/mol. The van der Waals surface area contributed by atoms with E-state index >= 15 is 0 Å². The van der Waals surface area contributed by atoms with Gasteiger partial charge in [-0.15, -0.1) is 0 Å². The fourth-order valence-corrected chi connectivity index (χ4v) is 1.51. The van der Waals surface area contributed by atoms with Crippen molar-refractivity contribution in [2.24, 2.45) is 0 Å². The fourth-order valence-electron chi connectivity index (χ4n) is 1.51. The maximum absolute atomic E-state index is 9.34. The van der Waals surface area contributed by atoms with Gasteiger partial charge in [-0.05, 0) is 24.9 Å². The van der Waals surface area contributed by atoms with Crippen molar-refractivity contribution in [1.82, 2.24) is 5.32 Å². The molecule has 0 aliphatic heterocycles. The molecule has 0 aliphatic rings. The van der Waals surface area contributed by atoms with Crippen molar-refractivity contribution >= 4 is 0 Å². The van der Waals surface area contributed by atoms with Crippen molar-refractivity contribution in [3.63, 3.8) is 0 Å². The molecule has 1 aromatic rings. The highest BCUT2D eigenvalue weighted by Gasteiger charge is 1.98. The van der Waals surface area contributed by atoms with Gasteiger partial charge < -0.3 is 15.2 Å². The van der Waals surface area contributed by atoms with Gasteiger partial charge in [-0.2, -0.15) is 0 Å². The van der Waals surface area contributed by atoms with Crippen molar-refractivity contribution in [2.75, 3.05) is 19.7 Å². The third-order valence-electron chi connectivity index (χ3n) is 2.66. The van der Waals surface area contributed by atoms with Gasteiger partial charge in [-0.1, -0.05) is 37.3 Å². The third-order valence-corrected chi connectivity index (χ3v) is 2.66. The number of hydrogen-bond donors (Lipinski definition) is 2. The SMILES string of the molecule is CCC(O)CCNCCOCc1ccccc1. The molecule has 1 atom stereocenters. The quantitative estimate of drug-likeness (QED) is 0.645. The van der Waals surface area contributed by atoms with Gasteiger partial charge in [0.25, 0.3) is 0 Å². The smallest absolute Gasteiger partial charge is 0.0717 e. The summed E-state index contributed by atoms with van der Waals surface area (Å²) in [6, 6.07) is 10.2. The predicted octanol–water partition coefficient (Wildman–Crippen LogP) is 1.95. The average molecular weight is 237 g/mol. The molecule has 0 fully saturated rings. The summed E-state index contributed by atoms with van der Waals surface area (Å²) >= 11 is 0. The van der Waals surface area contributed by atoms with Crippen LogP contribution in [0.5, 0.6) is 0 Å². The topological polar surface area (TPSA) is 41.5 Å². The van der Waals surface area contributed by atoms with E-state index in [2.05, 4.69) is 17.4 Å². The van der Waals surface area contributed by atoms with E-state index in [1.807, 2.05) is 25.1 Å². The summed E-state index contributed by atoms with van der Waals surface area (Å²) in [5.41, 5.74) is 1.20. The third kappa shape index (κ3) is 7.10. The highest BCUT2D eigenvalue weighted by Crippen LogP contribution is 1.99. The zero-order valence-corrected chi connectivity index (χ0v) is 10.6. The molecule has 0 bridgehead atoms. The molecule has 96 valence electrons. The maximum Gasteiger partial charge on any atom is 0.0717 e. The maximum atomic E-state index is 9.34. The second-order valence-electron chi connectivity index (χ2n) is 4.14. The van der Waals surface area contributed by atoms with E-state index in [-0.39, 0.29) is 6.10 Å². The van der Waals surface area contributed by atoms with Gasteiger partial charge >= 0.3 is 0 Å². The molecule has 17 heavy (non-hydrogen) atoms. The molecule has 3 nitrogen and oxygen atoms in total. The van der Waals surface area contributed by atoms with Crippen LogP contribution in [0.4, 0.5) is 0 Å². The Morgan fingerprint density at radius 3 is 2.71 bits per heavy atom. The highest BCUT2D eigenvalue weighted by molar-refractivity contribution is 5.13. The largest absolute Gasteiger partial charge is 0.393 e. The van der Waals surface area contributed by atoms with E-state index in [0.717, 1.165) is 25.9 Å². The summed E-state index contributed by atoms with van der Waals surface area (Å²) in [5, 5.41) is 12.6. The number of ether oxygens (including phenoxy) is 1. The molecule has 0 aliphatic carbocycles. The first-order chi connectivity index (χ1) is 8.33. The lowest BCUT2D eigenvalue weighted by molar-refractivity contribution is 0.120. The molecule has 2 N–H and O–H groups in total. The number of benzene rings is 1. The molecule has 0 amide bonds. The van der Waals surface area contributed by atoms with Gasteiger partial charge in [0, 0.05) is 6.54 Å². The summed E-state index contributed by atoms with van der Waals surface area (Å²) in [7, 11) is 0. The molecular formula is C14H23NO2. The lowest BCUT2D eigenvalue weighted by Crippen LogP contribution is -2.23. The molecule has 0 spiro atoms. The Kier molecular flexibility index (Phi) is 7.63. The number of rotatable bonds is 9. The van der Waals surface area contributed by atoms with Crippen LogP contribution in [0.3, 0.4) is 0 Å². The number of hydrogen-bond acceptors (Lipinski definition) is 3. The van der Waals surface area contributed by atoms with Crippen molar-refractivity contribution in [3.8, 4) is 0 Å². The summed E-state index contributed by atoms with van der Waals surface area (Å²) in [6.45, 7) is 5.05. The minimum atomic E-state index is -0.173. The number of nitrogens with one attached hydrogen (secondary N) is 1. The summed E-state index contributed by atoms with van der Waals surface area (Å²) in [4.78, 5) is 0.